The maximum Gasteiger partial charge on any atom is 0.416 e. The molecule has 0 bridgehead atoms. The fourth-order valence-corrected chi connectivity index (χ4v) is 5.06. The number of sulfonamides is 1. The van der Waals surface area contributed by atoms with Crippen molar-refractivity contribution in [1.82, 2.24) is 29.0 Å². The van der Waals surface area contributed by atoms with Gasteiger partial charge in [-0.25, -0.2) is 28.1 Å². The molecule has 2 aromatic heterocycles. The van der Waals surface area contributed by atoms with Crippen LogP contribution in [0.2, 0.25) is 5.02 Å². The van der Waals surface area contributed by atoms with Crippen LogP contribution in [0, 0.1) is 0 Å². The van der Waals surface area contributed by atoms with Gasteiger partial charge < -0.3 is 4.90 Å². The molecule has 0 N–H and O–H groups in total. The predicted molar refractivity (Wildman–Crippen MR) is 104 cm³/mol. The number of hydrogen-bond acceptors (Lipinski definition) is 7. The van der Waals surface area contributed by atoms with E-state index in [0.717, 1.165) is 16.4 Å². The maximum absolute atomic E-state index is 13.0. The van der Waals surface area contributed by atoms with Gasteiger partial charge in [0.05, 0.1) is 10.6 Å². The normalized spacial score (nSPS) is 15.9. The zero-order chi connectivity index (χ0) is 22.2. The van der Waals surface area contributed by atoms with E-state index in [2.05, 4.69) is 20.1 Å². The molecule has 0 aliphatic carbocycles. The van der Waals surface area contributed by atoms with E-state index in [0.29, 0.717) is 17.7 Å². The number of piperazine rings is 1. The van der Waals surface area contributed by atoms with Crippen LogP contribution in [-0.2, 0) is 16.2 Å². The summed E-state index contributed by atoms with van der Waals surface area (Å²) in [6.45, 7) is 0.669. The van der Waals surface area contributed by atoms with E-state index in [9.17, 15) is 21.6 Å². The molecule has 0 spiro atoms. The maximum atomic E-state index is 13.0. The fourth-order valence-electron chi connectivity index (χ4n) is 3.14. The third-order valence-electron chi connectivity index (χ3n) is 4.73. The van der Waals surface area contributed by atoms with E-state index in [1.165, 1.54) is 23.7 Å². The highest BCUT2D eigenvalue weighted by Crippen LogP contribution is 2.34. The van der Waals surface area contributed by atoms with Crippen LogP contribution in [0.15, 0.2) is 48.1 Å². The SMILES string of the molecule is O=S(=O)(c1cc(C(F)(F)F)ccc1Cl)N1CCN(c2cc(-n3cncn3)ncn2)CC1. The molecule has 0 atom stereocenters. The third-order valence-corrected chi connectivity index (χ3v) is 7.11. The molecule has 1 aromatic carbocycles. The van der Waals surface area contributed by atoms with Crippen molar-refractivity contribution in [2.75, 3.05) is 31.1 Å². The number of alkyl halides is 3. The minimum atomic E-state index is -4.68. The molecule has 1 saturated heterocycles. The smallest absolute Gasteiger partial charge is 0.354 e. The van der Waals surface area contributed by atoms with Gasteiger partial charge in [0.2, 0.25) is 10.0 Å². The van der Waals surface area contributed by atoms with E-state index < -0.39 is 26.7 Å². The van der Waals surface area contributed by atoms with Crippen molar-refractivity contribution < 1.29 is 21.6 Å². The summed E-state index contributed by atoms with van der Waals surface area (Å²) in [7, 11) is -4.21. The van der Waals surface area contributed by atoms with Crippen molar-refractivity contribution in [2.45, 2.75) is 11.1 Å². The lowest BCUT2D eigenvalue weighted by Gasteiger charge is -2.34. The second-order valence-corrected chi connectivity index (χ2v) is 8.92. The van der Waals surface area contributed by atoms with Crippen molar-refractivity contribution in [3.8, 4) is 5.82 Å². The van der Waals surface area contributed by atoms with Crippen molar-refractivity contribution in [2.24, 2.45) is 0 Å². The molecule has 31 heavy (non-hydrogen) atoms. The Labute approximate surface area is 180 Å². The monoisotopic (exact) mass is 473 g/mol. The van der Waals surface area contributed by atoms with Crippen molar-refractivity contribution in [3.63, 3.8) is 0 Å². The fraction of sp³-hybridized carbons (Fsp3) is 0.294. The first-order valence-corrected chi connectivity index (χ1v) is 10.8. The molecule has 3 heterocycles. The number of anilines is 1. The molecule has 3 aromatic rings. The van der Waals surface area contributed by atoms with Crippen molar-refractivity contribution in [3.05, 3.63) is 53.8 Å². The number of hydrogen-bond donors (Lipinski definition) is 0. The molecule has 0 radical (unpaired) electrons. The van der Waals surface area contributed by atoms with Gasteiger partial charge in [-0.1, -0.05) is 11.6 Å². The van der Waals surface area contributed by atoms with Gasteiger partial charge in [0, 0.05) is 32.2 Å². The Balaban J connectivity index is 1.52. The Morgan fingerprint density at radius 1 is 0.968 bits per heavy atom. The highest BCUT2D eigenvalue weighted by molar-refractivity contribution is 7.89. The molecular formula is C17H15ClF3N7O2S. The third kappa shape index (κ3) is 4.34. The molecule has 164 valence electrons. The second kappa shape index (κ2) is 8.05. The first-order chi connectivity index (χ1) is 14.7. The van der Waals surface area contributed by atoms with Gasteiger partial charge in [-0.3, -0.25) is 0 Å². The van der Waals surface area contributed by atoms with E-state index in [-0.39, 0.29) is 31.2 Å². The Bertz CT molecular complexity index is 1180. The number of aromatic nitrogens is 5. The topological polar surface area (TPSA) is 97.1 Å². The van der Waals surface area contributed by atoms with Crippen LogP contribution in [0.4, 0.5) is 19.0 Å². The summed E-state index contributed by atoms with van der Waals surface area (Å²) in [5.41, 5.74) is -1.07. The van der Waals surface area contributed by atoms with Gasteiger partial charge >= 0.3 is 6.18 Å². The first-order valence-electron chi connectivity index (χ1n) is 8.95. The Morgan fingerprint density at radius 2 is 1.68 bits per heavy atom. The Kier molecular flexibility index (Phi) is 5.58. The number of nitrogens with zero attached hydrogens (tertiary/aromatic N) is 7. The Hall–Kier alpha value is -2.77. The molecule has 14 heteroatoms. The minimum Gasteiger partial charge on any atom is -0.354 e. The molecule has 0 amide bonds. The Morgan fingerprint density at radius 3 is 2.32 bits per heavy atom. The van der Waals surface area contributed by atoms with E-state index in [4.69, 9.17) is 11.6 Å². The second-order valence-electron chi connectivity index (χ2n) is 6.61. The van der Waals surface area contributed by atoms with Gasteiger partial charge in [-0.15, -0.1) is 0 Å². The quantitative estimate of drug-likeness (QED) is 0.573. The van der Waals surface area contributed by atoms with Crippen molar-refractivity contribution >= 4 is 27.4 Å². The zero-order valence-corrected chi connectivity index (χ0v) is 17.3. The number of halogens is 4. The zero-order valence-electron chi connectivity index (χ0n) is 15.7. The van der Waals surface area contributed by atoms with E-state index >= 15 is 0 Å². The minimum absolute atomic E-state index is 0.0531. The van der Waals surface area contributed by atoms with Crippen LogP contribution < -0.4 is 4.90 Å². The standard InChI is InChI=1S/C17H15ClF3N7O2S/c18-13-2-1-12(17(19,20)21)7-14(13)31(29,30)27-5-3-26(4-6-27)15-8-16(24-10-23-15)28-11-22-9-25-28/h1-2,7-11H,3-6H2. The summed E-state index contributed by atoms with van der Waals surface area (Å²) < 4.78 is 67.5. The summed E-state index contributed by atoms with van der Waals surface area (Å²) in [6, 6.07) is 3.95. The molecule has 9 nitrogen and oxygen atoms in total. The number of benzene rings is 1. The summed E-state index contributed by atoms with van der Waals surface area (Å²) in [6.07, 6.45) is -0.472. The highest BCUT2D eigenvalue weighted by Gasteiger charge is 2.35. The average molecular weight is 474 g/mol. The molecule has 1 aliphatic heterocycles. The lowest BCUT2D eigenvalue weighted by atomic mass is 10.2. The molecule has 0 unspecified atom stereocenters. The molecule has 1 aliphatic rings. The summed E-state index contributed by atoms with van der Waals surface area (Å²) >= 11 is 5.93. The van der Waals surface area contributed by atoms with Gasteiger partial charge in [-0.05, 0) is 18.2 Å². The highest BCUT2D eigenvalue weighted by atomic mass is 35.5. The van der Waals surface area contributed by atoms with Crippen LogP contribution in [0.25, 0.3) is 5.82 Å². The van der Waals surface area contributed by atoms with Crippen LogP contribution in [0.5, 0.6) is 0 Å². The molecule has 1 fully saturated rings. The van der Waals surface area contributed by atoms with E-state index in [1.807, 2.05) is 4.90 Å². The lowest BCUT2D eigenvalue weighted by Crippen LogP contribution is -2.49. The molecule has 0 saturated carbocycles. The van der Waals surface area contributed by atoms with E-state index in [1.54, 1.807) is 6.07 Å². The summed E-state index contributed by atoms with van der Waals surface area (Å²) in [5, 5.41) is 3.74. The van der Waals surface area contributed by atoms with Crippen LogP contribution in [0.3, 0.4) is 0 Å². The number of rotatable bonds is 4. The molecular weight excluding hydrogens is 459 g/mol. The molecule has 4 rings (SSSR count). The van der Waals surface area contributed by atoms with Gasteiger partial charge in [0.1, 0.15) is 29.7 Å². The van der Waals surface area contributed by atoms with Gasteiger partial charge in [-0.2, -0.15) is 22.6 Å². The summed E-state index contributed by atoms with van der Waals surface area (Å²) in [4.78, 5) is 13.5. The summed E-state index contributed by atoms with van der Waals surface area (Å²) in [5.74, 6) is 1.06. The van der Waals surface area contributed by atoms with Crippen molar-refractivity contribution in [1.29, 1.82) is 0 Å². The van der Waals surface area contributed by atoms with Crippen LogP contribution >= 0.6 is 11.6 Å². The van der Waals surface area contributed by atoms with Gasteiger partial charge in [0.15, 0.2) is 5.82 Å². The largest absolute Gasteiger partial charge is 0.416 e. The van der Waals surface area contributed by atoms with Gasteiger partial charge in [0.25, 0.3) is 0 Å². The average Bonchev–Trinajstić information content (AvgIpc) is 3.28. The van der Waals surface area contributed by atoms with Crippen LogP contribution in [0.1, 0.15) is 5.56 Å². The van der Waals surface area contributed by atoms with Crippen LogP contribution in [-0.4, -0.2) is 63.6 Å². The lowest BCUT2D eigenvalue weighted by molar-refractivity contribution is -0.137. The first kappa shape index (κ1) is 21.5. The predicted octanol–water partition coefficient (Wildman–Crippen LogP) is 2.24.